The highest BCUT2D eigenvalue weighted by Gasteiger charge is 2.34. The number of rotatable bonds is 4. The molecule has 0 N–H and O–H groups in total. The third-order valence-corrected chi connectivity index (χ3v) is 4.45. The first kappa shape index (κ1) is 16.3. The van der Waals surface area contributed by atoms with Crippen molar-refractivity contribution in [2.75, 3.05) is 33.0 Å². The predicted octanol–water partition coefficient (Wildman–Crippen LogP) is 2.50. The predicted molar refractivity (Wildman–Crippen MR) is 86.8 cm³/mol. The van der Waals surface area contributed by atoms with Crippen LogP contribution in [-0.4, -0.2) is 55.4 Å². The molecule has 5 heteroatoms. The normalized spacial score (nSPS) is 23.7. The van der Waals surface area contributed by atoms with Crippen LogP contribution in [0.5, 0.6) is 5.75 Å². The second-order valence-electron chi connectivity index (χ2n) is 6.79. The molecule has 2 heterocycles. The van der Waals surface area contributed by atoms with Gasteiger partial charge in [0.2, 0.25) is 0 Å². The average molecular weight is 319 g/mol. The summed E-state index contributed by atoms with van der Waals surface area (Å²) in [5.41, 5.74) is 0.411. The number of hydrogen-bond acceptors (Lipinski definition) is 4. The zero-order valence-electron chi connectivity index (χ0n) is 13.9. The number of nitrogens with zero attached hydrogens (tertiary/aromatic N) is 1. The Morgan fingerprint density at radius 2 is 2.09 bits per heavy atom. The SMILES string of the molecule is CC1(C)COCCN1C(=O)c1ccc(OC[C@H]2CCCO2)cc1. The molecule has 0 radical (unpaired) electrons. The van der Waals surface area contributed by atoms with Gasteiger partial charge in [-0.25, -0.2) is 0 Å². The summed E-state index contributed by atoms with van der Waals surface area (Å²) in [6, 6.07) is 7.38. The molecule has 0 aliphatic carbocycles. The molecule has 0 saturated carbocycles. The maximum absolute atomic E-state index is 12.7. The van der Waals surface area contributed by atoms with Gasteiger partial charge in [0.15, 0.2) is 0 Å². The minimum absolute atomic E-state index is 0.0453. The fourth-order valence-electron chi connectivity index (χ4n) is 3.05. The van der Waals surface area contributed by atoms with Crippen molar-refractivity contribution in [3.63, 3.8) is 0 Å². The van der Waals surface area contributed by atoms with Gasteiger partial charge in [0.05, 0.1) is 24.9 Å². The Labute approximate surface area is 137 Å². The van der Waals surface area contributed by atoms with Crippen LogP contribution in [0, 0.1) is 0 Å². The number of carbonyl (C=O) groups excluding carboxylic acids is 1. The van der Waals surface area contributed by atoms with E-state index in [2.05, 4.69) is 0 Å². The number of ether oxygens (including phenoxy) is 3. The first-order valence-corrected chi connectivity index (χ1v) is 8.30. The van der Waals surface area contributed by atoms with E-state index in [1.807, 2.05) is 43.0 Å². The van der Waals surface area contributed by atoms with E-state index >= 15 is 0 Å². The van der Waals surface area contributed by atoms with Gasteiger partial charge in [-0.3, -0.25) is 4.79 Å². The van der Waals surface area contributed by atoms with Gasteiger partial charge in [-0.15, -0.1) is 0 Å². The van der Waals surface area contributed by atoms with Crippen LogP contribution in [0.25, 0.3) is 0 Å². The van der Waals surface area contributed by atoms with Crippen molar-refractivity contribution in [1.82, 2.24) is 4.90 Å². The van der Waals surface area contributed by atoms with Crippen LogP contribution < -0.4 is 4.74 Å². The fourth-order valence-corrected chi connectivity index (χ4v) is 3.05. The average Bonchev–Trinajstić information content (AvgIpc) is 3.06. The van der Waals surface area contributed by atoms with E-state index in [1.165, 1.54) is 0 Å². The summed E-state index contributed by atoms with van der Waals surface area (Å²) in [5.74, 6) is 0.822. The first-order chi connectivity index (χ1) is 11.1. The second kappa shape index (κ2) is 6.89. The van der Waals surface area contributed by atoms with E-state index in [-0.39, 0.29) is 17.6 Å². The molecule has 0 unspecified atom stereocenters. The molecule has 1 atom stereocenters. The van der Waals surface area contributed by atoms with E-state index in [9.17, 15) is 4.79 Å². The topological polar surface area (TPSA) is 48.0 Å². The monoisotopic (exact) mass is 319 g/mol. The molecule has 0 spiro atoms. The summed E-state index contributed by atoms with van der Waals surface area (Å²) >= 11 is 0. The third kappa shape index (κ3) is 3.85. The molecule has 1 aromatic carbocycles. The fraction of sp³-hybridized carbons (Fsp3) is 0.611. The van der Waals surface area contributed by atoms with Crippen LogP contribution >= 0.6 is 0 Å². The van der Waals surface area contributed by atoms with Crippen LogP contribution in [0.1, 0.15) is 37.0 Å². The van der Waals surface area contributed by atoms with Crippen molar-refractivity contribution < 1.29 is 19.0 Å². The smallest absolute Gasteiger partial charge is 0.254 e. The summed E-state index contributed by atoms with van der Waals surface area (Å²) < 4.78 is 16.8. The van der Waals surface area contributed by atoms with E-state index in [0.717, 1.165) is 25.2 Å². The molecule has 23 heavy (non-hydrogen) atoms. The maximum atomic E-state index is 12.7. The highest BCUT2D eigenvalue weighted by Crippen LogP contribution is 2.23. The molecule has 2 fully saturated rings. The number of hydrogen-bond donors (Lipinski definition) is 0. The zero-order chi connectivity index (χ0) is 16.3. The lowest BCUT2D eigenvalue weighted by Crippen LogP contribution is -2.55. The molecule has 1 aromatic rings. The Bertz CT molecular complexity index is 534. The standard InChI is InChI=1S/C18H25NO4/c1-18(2)13-21-11-9-19(18)17(20)14-5-7-15(8-6-14)23-12-16-4-3-10-22-16/h5-8,16H,3-4,9-13H2,1-2H3/t16-/m1/s1. The summed E-state index contributed by atoms with van der Waals surface area (Å²) in [6.45, 7) is 7.26. The molecular weight excluding hydrogens is 294 g/mol. The van der Waals surface area contributed by atoms with Crippen LogP contribution in [0.3, 0.4) is 0 Å². The van der Waals surface area contributed by atoms with E-state index in [1.54, 1.807) is 0 Å². The van der Waals surface area contributed by atoms with E-state index in [0.29, 0.717) is 31.9 Å². The molecule has 126 valence electrons. The Hall–Kier alpha value is -1.59. The highest BCUT2D eigenvalue weighted by atomic mass is 16.5. The van der Waals surface area contributed by atoms with Crippen molar-refractivity contribution in [3.05, 3.63) is 29.8 Å². The third-order valence-electron chi connectivity index (χ3n) is 4.45. The van der Waals surface area contributed by atoms with Gasteiger partial charge in [-0.05, 0) is 51.0 Å². The van der Waals surface area contributed by atoms with Gasteiger partial charge >= 0.3 is 0 Å². The van der Waals surface area contributed by atoms with Gasteiger partial charge in [-0.1, -0.05) is 0 Å². The van der Waals surface area contributed by atoms with Gasteiger partial charge in [0.25, 0.3) is 5.91 Å². The molecule has 2 aliphatic heterocycles. The first-order valence-electron chi connectivity index (χ1n) is 8.30. The van der Waals surface area contributed by atoms with Crippen molar-refractivity contribution in [3.8, 4) is 5.75 Å². The van der Waals surface area contributed by atoms with Crippen LogP contribution in [0.2, 0.25) is 0 Å². The lowest BCUT2D eigenvalue weighted by atomic mass is 10.0. The quantitative estimate of drug-likeness (QED) is 0.855. The molecule has 2 aliphatic rings. The molecule has 2 saturated heterocycles. The summed E-state index contributed by atoms with van der Waals surface area (Å²) in [6.07, 6.45) is 2.37. The minimum atomic E-state index is -0.273. The van der Waals surface area contributed by atoms with Gasteiger partial charge in [0.1, 0.15) is 12.4 Å². The van der Waals surface area contributed by atoms with Gasteiger partial charge in [-0.2, -0.15) is 0 Å². The largest absolute Gasteiger partial charge is 0.491 e. The number of morpholine rings is 1. The molecule has 1 amide bonds. The highest BCUT2D eigenvalue weighted by molar-refractivity contribution is 5.94. The minimum Gasteiger partial charge on any atom is -0.491 e. The van der Waals surface area contributed by atoms with Crippen molar-refractivity contribution in [2.24, 2.45) is 0 Å². The number of benzene rings is 1. The summed E-state index contributed by atoms with van der Waals surface area (Å²) in [4.78, 5) is 14.6. The zero-order valence-corrected chi connectivity index (χ0v) is 13.9. The Kier molecular flexibility index (Phi) is 4.87. The Balaban J connectivity index is 1.60. The lowest BCUT2D eigenvalue weighted by molar-refractivity contribution is -0.0370. The van der Waals surface area contributed by atoms with Crippen LogP contribution in [0.4, 0.5) is 0 Å². The molecule has 5 nitrogen and oxygen atoms in total. The summed E-state index contributed by atoms with van der Waals surface area (Å²) in [5, 5.41) is 0. The lowest BCUT2D eigenvalue weighted by Gasteiger charge is -2.42. The molecule has 3 rings (SSSR count). The van der Waals surface area contributed by atoms with Crippen molar-refractivity contribution in [1.29, 1.82) is 0 Å². The molecule has 0 bridgehead atoms. The van der Waals surface area contributed by atoms with Crippen LogP contribution in [0.15, 0.2) is 24.3 Å². The van der Waals surface area contributed by atoms with E-state index in [4.69, 9.17) is 14.2 Å². The Morgan fingerprint density at radius 3 is 2.74 bits per heavy atom. The van der Waals surface area contributed by atoms with Crippen molar-refractivity contribution in [2.45, 2.75) is 38.3 Å². The molecular formula is C18H25NO4. The maximum Gasteiger partial charge on any atom is 0.254 e. The summed E-state index contributed by atoms with van der Waals surface area (Å²) in [7, 11) is 0. The van der Waals surface area contributed by atoms with Crippen LogP contribution in [-0.2, 0) is 9.47 Å². The number of amides is 1. The molecule has 0 aromatic heterocycles. The van der Waals surface area contributed by atoms with Gasteiger partial charge < -0.3 is 19.1 Å². The second-order valence-corrected chi connectivity index (χ2v) is 6.79. The van der Waals surface area contributed by atoms with Gasteiger partial charge in [0, 0.05) is 18.7 Å². The number of carbonyl (C=O) groups is 1. The van der Waals surface area contributed by atoms with E-state index < -0.39 is 0 Å². The Morgan fingerprint density at radius 1 is 1.30 bits per heavy atom. The van der Waals surface area contributed by atoms with Crippen molar-refractivity contribution >= 4 is 5.91 Å².